The van der Waals surface area contributed by atoms with Gasteiger partial charge in [-0.25, -0.2) is 0 Å². The van der Waals surface area contributed by atoms with Crippen LogP contribution in [0.15, 0.2) is 4.74 Å². The van der Waals surface area contributed by atoms with E-state index in [2.05, 4.69) is 91.5 Å². The van der Waals surface area contributed by atoms with E-state index in [1.165, 1.54) is 4.90 Å². The van der Waals surface area contributed by atoms with Gasteiger partial charge in [-0.2, -0.15) is 0 Å². The molecule has 0 radical (unpaired) electrons. The molecule has 1 saturated carbocycles. The molecule has 0 aromatic heterocycles. The van der Waals surface area contributed by atoms with Gasteiger partial charge in [0.15, 0.2) is 6.29 Å². The fraction of sp³-hybridized carbons (Fsp3) is 0.920. The Morgan fingerprint density at radius 3 is 2.22 bits per heavy atom. The molecule has 2 fully saturated rings. The molecule has 0 aromatic carbocycles. The first-order valence-corrected chi connectivity index (χ1v) is 19.3. The molecule has 24 heteroatoms. The third-order valence-electron chi connectivity index (χ3n) is 8.42. The number of amides is 2. The van der Waals surface area contributed by atoms with Crippen molar-refractivity contribution >= 4 is 67.8 Å². The normalized spacial score (nSPS) is 31.6. The van der Waals surface area contributed by atoms with Crippen molar-refractivity contribution in [1.29, 1.82) is 0 Å². The van der Waals surface area contributed by atoms with Gasteiger partial charge in [0.1, 0.15) is 48.8 Å². The van der Waals surface area contributed by atoms with Crippen LogP contribution in [-0.2, 0) is 23.8 Å². The van der Waals surface area contributed by atoms with Gasteiger partial charge in [0.05, 0.1) is 18.7 Å². The minimum absolute atomic E-state index is 0.0690. The van der Waals surface area contributed by atoms with Crippen molar-refractivity contribution in [1.82, 2.24) is 35.7 Å². The largest absolute Gasteiger partial charge is 0.388 e. The second-order valence-electron chi connectivity index (χ2n) is 11.8. The van der Waals surface area contributed by atoms with Gasteiger partial charge in [-0.3, -0.25) is 29.6 Å². The first kappa shape index (κ1) is 45.8. The third-order valence-corrected chi connectivity index (χ3v) is 10.3. The Morgan fingerprint density at radius 2 is 1.61 bits per heavy atom. The molecule has 1 aliphatic carbocycles. The molecular weight excluding hydrogens is 758 g/mol. The van der Waals surface area contributed by atoms with Crippen LogP contribution < -0.4 is 30.8 Å². The number of hydrogen-bond acceptors (Lipinski definition) is 16. The first-order chi connectivity index (χ1) is 23.5. The lowest BCUT2D eigenvalue weighted by Crippen LogP contribution is -2.68. The number of ether oxygens (including phenoxy) is 3. The maximum absolute atomic E-state index is 13.1. The van der Waals surface area contributed by atoms with Crippen molar-refractivity contribution in [3.05, 3.63) is 0 Å². The van der Waals surface area contributed by atoms with E-state index in [0.29, 0.717) is 26.1 Å². The van der Waals surface area contributed by atoms with Gasteiger partial charge in [0.25, 0.3) is 5.91 Å². The molecule has 1 saturated heterocycles. The number of nitrogens with zero attached hydrogens (tertiary/aromatic N) is 2. The van der Waals surface area contributed by atoms with Gasteiger partial charge in [0.2, 0.25) is 5.91 Å². The number of carbonyl (C=O) groups excluding carboxylic acids is 2. The monoisotopic (exact) mass is 814 g/mol. The maximum Gasteiger partial charge on any atom is 0.251 e. The number of aliphatic hydroxyl groups is 5. The standard InChI is InChI=1S/C25H56N8O10P6/c34-14(2-5-27-45)23(39)30-12-10-13(31-48)22(43-25-17(32-49)19(37)18(36)16(42-25)11-29-47)20(38)21(12)41-9-8-33(7-1-4-26-44)24(40)15(35)3-6-28-46/h12-22,25-27,29,31-32,34-38,46H,1-11,44-45,47-49H2,(H,30,39)/t12-,13?,14+,15+,16?,17?,18-,19-,20-,21?,22-,25-/m1/s1. The molecule has 11 N–H and O–H groups in total. The van der Waals surface area contributed by atoms with Crippen LogP contribution in [0.4, 0.5) is 0 Å². The summed E-state index contributed by atoms with van der Waals surface area (Å²) in [7, 11) is 14.6. The fourth-order valence-electron chi connectivity index (χ4n) is 5.72. The molecule has 0 aromatic rings. The number of nitrogens with one attached hydrogen (secondary N) is 6. The molecule has 2 rings (SSSR count). The van der Waals surface area contributed by atoms with Crippen LogP contribution in [0.1, 0.15) is 25.7 Å². The van der Waals surface area contributed by atoms with E-state index in [1.54, 1.807) is 0 Å². The summed E-state index contributed by atoms with van der Waals surface area (Å²) < 4.78 is 22.3. The Morgan fingerprint density at radius 1 is 0.898 bits per heavy atom. The Kier molecular flexibility index (Phi) is 23.3. The van der Waals surface area contributed by atoms with Gasteiger partial charge in [-0.05, 0) is 28.3 Å². The van der Waals surface area contributed by atoms with E-state index in [9.17, 15) is 35.1 Å². The van der Waals surface area contributed by atoms with E-state index >= 15 is 0 Å². The molecule has 0 bridgehead atoms. The highest BCUT2D eigenvalue weighted by Gasteiger charge is 2.51. The van der Waals surface area contributed by atoms with Gasteiger partial charge in [-0.1, -0.05) is 47.0 Å². The highest BCUT2D eigenvalue weighted by molar-refractivity contribution is 7.14. The molecule has 2 aliphatic rings. The predicted molar refractivity (Wildman–Crippen MR) is 202 cm³/mol. The number of aliphatic hydroxyl groups excluding tert-OH is 5. The third kappa shape index (κ3) is 14.1. The zero-order chi connectivity index (χ0) is 36.5. The summed E-state index contributed by atoms with van der Waals surface area (Å²) in [4.78, 5) is 27.6. The zero-order valence-electron chi connectivity index (χ0n) is 27.3. The van der Waals surface area contributed by atoms with Crippen molar-refractivity contribution < 1.29 is 49.3 Å². The first-order valence-electron chi connectivity index (χ1n) is 16.0. The summed E-state index contributed by atoms with van der Waals surface area (Å²) in [6.07, 6.45) is -9.51. The molecule has 18 nitrogen and oxygen atoms in total. The molecule has 1 aliphatic heterocycles. The quantitative estimate of drug-likeness (QED) is 0.0349. The average Bonchev–Trinajstić information content (AvgIpc) is 3.09. The average molecular weight is 815 g/mol. The van der Waals surface area contributed by atoms with Crippen molar-refractivity contribution in [3.8, 4) is 0 Å². The predicted octanol–water partition coefficient (Wildman–Crippen LogP) is -3.86. The van der Waals surface area contributed by atoms with Crippen LogP contribution in [0.5, 0.6) is 0 Å². The van der Waals surface area contributed by atoms with Crippen LogP contribution in [0.3, 0.4) is 0 Å². The topological polar surface area (TPSA) is 251 Å². The van der Waals surface area contributed by atoms with Crippen LogP contribution in [0.25, 0.3) is 0 Å². The summed E-state index contributed by atoms with van der Waals surface area (Å²) >= 11 is 0. The van der Waals surface area contributed by atoms with Gasteiger partial charge >= 0.3 is 0 Å². The maximum atomic E-state index is 13.1. The molecule has 17 atom stereocenters. The molecule has 1 heterocycles. The highest BCUT2D eigenvalue weighted by Crippen LogP contribution is 2.31. The minimum atomic E-state index is -1.39. The van der Waals surface area contributed by atoms with E-state index in [4.69, 9.17) is 14.2 Å². The molecule has 0 spiro atoms. The van der Waals surface area contributed by atoms with Crippen molar-refractivity contribution in [3.63, 3.8) is 0 Å². The van der Waals surface area contributed by atoms with Crippen LogP contribution >= 0.6 is 56.0 Å². The summed E-state index contributed by atoms with van der Waals surface area (Å²) in [6.45, 7) is 1.71. The molecule has 49 heavy (non-hydrogen) atoms. The van der Waals surface area contributed by atoms with Crippen LogP contribution in [-0.4, -0.2) is 161 Å². The van der Waals surface area contributed by atoms with E-state index in [0.717, 1.165) is 0 Å². The minimum Gasteiger partial charge on any atom is -0.388 e. The van der Waals surface area contributed by atoms with Crippen LogP contribution in [0.2, 0.25) is 0 Å². The number of rotatable bonds is 23. The summed E-state index contributed by atoms with van der Waals surface area (Å²) in [5, 5.41) is 71.4. The molecule has 286 valence electrons. The lowest BCUT2D eigenvalue weighted by atomic mass is 9.83. The lowest BCUT2D eigenvalue weighted by molar-refractivity contribution is -0.292. The fourth-order valence-corrected chi connectivity index (χ4v) is 7.13. The van der Waals surface area contributed by atoms with Crippen LogP contribution in [0, 0.1) is 0 Å². The SMILES string of the molecule is O=C(N[C@@H]1CC(NP)[C@@H](O[C@H]2OC(CNP)[C@@H](O)[C@H](O)C2NP)[C@H](O)C1OCCN(CCCNP)C(=O)[C@@H](O)CCN=P)[C@@H](O)CCNP. The van der Waals surface area contributed by atoms with Gasteiger partial charge in [0, 0.05) is 51.7 Å². The van der Waals surface area contributed by atoms with Crippen molar-refractivity contribution in [2.45, 2.75) is 98.9 Å². The Balaban J connectivity index is 2.33. The van der Waals surface area contributed by atoms with E-state index in [-0.39, 0.29) is 45.5 Å². The number of hydrogen-bond donors (Lipinski definition) is 11. The highest BCUT2D eigenvalue weighted by atomic mass is 31.0. The van der Waals surface area contributed by atoms with Gasteiger partial charge < -0.3 is 60.1 Å². The second-order valence-corrected chi connectivity index (χ2v) is 14.0. The zero-order valence-corrected chi connectivity index (χ0v) is 34.0. The van der Waals surface area contributed by atoms with E-state index < -0.39 is 85.1 Å². The summed E-state index contributed by atoms with van der Waals surface area (Å²) in [5.41, 5.74) is 0. The Bertz CT molecular complexity index is 993. The summed E-state index contributed by atoms with van der Waals surface area (Å²) in [5.74, 6) is -1.14. The lowest BCUT2D eigenvalue weighted by Gasteiger charge is -2.48. The molecule has 9 unspecified atom stereocenters. The molecule has 2 amide bonds. The van der Waals surface area contributed by atoms with Gasteiger partial charge in [-0.15, -0.1) is 0 Å². The number of carbonyl (C=O) groups is 2. The molecular formula is C25H56N8O10P6. The Labute approximate surface area is 301 Å². The summed E-state index contributed by atoms with van der Waals surface area (Å²) in [6, 6.07) is -2.30. The Hall–Kier alpha value is 0.670. The van der Waals surface area contributed by atoms with E-state index in [1.807, 2.05) is 0 Å². The van der Waals surface area contributed by atoms with Crippen molar-refractivity contribution in [2.75, 3.05) is 45.9 Å². The van der Waals surface area contributed by atoms with Crippen molar-refractivity contribution in [2.24, 2.45) is 4.74 Å². The second kappa shape index (κ2) is 24.9. The smallest absolute Gasteiger partial charge is 0.251 e.